The summed E-state index contributed by atoms with van der Waals surface area (Å²) >= 11 is 5.10. The molecule has 0 saturated heterocycles. The lowest BCUT2D eigenvalue weighted by Crippen LogP contribution is -2.35. The number of rotatable bonds is 4. The molecule has 1 aromatic carbocycles. The zero-order valence-corrected chi connectivity index (χ0v) is 11.5. The number of alkyl halides is 3. The predicted octanol–water partition coefficient (Wildman–Crippen LogP) is 3.32. The molecule has 0 amide bonds. The van der Waals surface area contributed by atoms with Crippen LogP contribution in [-0.2, 0) is 0 Å². The van der Waals surface area contributed by atoms with Crippen molar-refractivity contribution in [2.45, 2.75) is 13.1 Å². The Labute approximate surface area is 118 Å². The second-order valence-electron chi connectivity index (χ2n) is 4.13. The number of nitrogens with one attached hydrogen (secondary N) is 1. The molecule has 0 radical (unpaired) electrons. The highest BCUT2D eigenvalue weighted by molar-refractivity contribution is 7.71. The van der Waals surface area contributed by atoms with Crippen LogP contribution in [0.4, 0.5) is 19.1 Å². The highest BCUT2D eigenvalue weighted by Gasteiger charge is 2.32. The number of hydrogen-bond acceptors (Lipinski definition) is 3. The first-order chi connectivity index (χ1) is 9.42. The molecule has 0 fully saturated rings. The third-order valence-electron chi connectivity index (χ3n) is 2.70. The van der Waals surface area contributed by atoms with E-state index in [0.717, 1.165) is 4.90 Å². The van der Waals surface area contributed by atoms with Crippen LogP contribution in [0.5, 0.6) is 0 Å². The Morgan fingerprint density at radius 2 is 1.95 bits per heavy atom. The molecule has 0 bridgehead atoms. The molecular formula is C12H13F3N4S. The molecule has 1 aromatic heterocycles. The van der Waals surface area contributed by atoms with Gasteiger partial charge < -0.3 is 4.90 Å². The molecule has 0 aliphatic heterocycles. The second-order valence-corrected chi connectivity index (χ2v) is 4.52. The summed E-state index contributed by atoms with van der Waals surface area (Å²) < 4.78 is 39.6. The van der Waals surface area contributed by atoms with Gasteiger partial charge in [0.15, 0.2) is 0 Å². The van der Waals surface area contributed by atoms with Gasteiger partial charge in [0.2, 0.25) is 10.7 Å². The summed E-state index contributed by atoms with van der Waals surface area (Å²) in [6.07, 6.45) is -4.30. The van der Waals surface area contributed by atoms with Crippen molar-refractivity contribution in [3.8, 4) is 5.69 Å². The average Bonchev–Trinajstić information content (AvgIpc) is 2.78. The van der Waals surface area contributed by atoms with Gasteiger partial charge in [0.25, 0.3) is 0 Å². The number of aromatic amines is 1. The van der Waals surface area contributed by atoms with Gasteiger partial charge in [0.05, 0.1) is 5.69 Å². The first-order valence-corrected chi connectivity index (χ1v) is 6.37. The normalized spacial score (nSPS) is 11.6. The smallest absolute Gasteiger partial charge is 0.332 e. The number of nitrogens with zero attached hydrogens (tertiary/aromatic N) is 3. The standard InChI is InChI=1S/C12H13F3N4S/c1-2-18(8-12(13,14)15)10-16-17-11(20)19(10)9-6-4-3-5-7-9/h3-7H,2,8H2,1H3,(H,17,20). The fourth-order valence-corrected chi connectivity index (χ4v) is 2.08. The molecule has 0 aliphatic rings. The van der Waals surface area contributed by atoms with Crippen molar-refractivity contribution in [3.63, 3.8) is 0 Å². The zero-order chi connectivity index (χ0) is 14.8. The van der Waals surface area contributed by atoms with Crippen molar-refractivity contribution >= 4 is 18.2 Å². The van der Waals surface area contributed by atoms with Gasteiger partial charge >= 0.3 is 6.18 Å². The summed E-state index contributed by atoms with van der Waals surface area (Å²) in [6, 6.07) is 8.91. The molecule has 4 nitrogen and oxygen atoms in total. The van der Waals surface area contributed by atoms with Crippen LogP contribution < -0.4 is 4.90 Å². The molecule has 2 aromatic rings. The monoisotopic (exact) mass is 302 g/mol. The molecule has 8 heteroatoms. The maximum atomic E-state index is 12.6. The van der Waals surface area contributed by atoms with Crippen molar-refractivity contribution in [2.24, 2.45) is 0 Å². The molecule has 1 N–H and O–H groups in total. The summed E-state index contributed by atoms with van der Waals surface area (Å²) in [7, 11) is 0. The minimum absolute atomic E-state index is 0.154. The minimum Gasteiger partial charge on any atom is -0.332 e. The molecule has 20 heavy (non-hydrogen) atoms. The zero-order valence-electron chi connectivity index (χ0n) is 10.7. The maximum absolute atomic E-state index is 12.6. The second kappa shape index (κ2) is 5.66. The van der Waals surface area contributed by atoms with Crippen molar-refractivity contribution < 1.29 is 13.2 Å². The Morgan fingerprint density at radius 1 is 1.30 bits per heavy atom. The topological polar surface area (TPSA) is 36.9 Å². The van der Waals surface area contributed by atoms with Crippen LogP contribution >= 0.6 is 12.2 Å². The number of H-pyrrole nitrogens is 1. The highest BCUT2D eigenvalue weighted by Crippen LogP contribution is 2.23. The van der Waals surface area contributed by atoms with Crippen LogP contribution in [0.25, 0.3) is 5.69 Å². The molecule has 0 atom stereocenters. The van der Waals surface area contributed by atoms with Crippen molar-refractivity contribution in [1.82, 2.24) is 14.8 Å². The number of halogens is 3. The van der Waals surface area contributed by atoms with Crippen molar-refractivity contribution in [3.05, 3.63) is 35.1 Å². The van der Waals surface area contributed by atoms with Crippen molar-refractivity contribution in [2.75, 3.05) is 18.0 Å². The highest BCUT2D eigenvalue weighted by atomic mass is 32.1. The molecular weight excluding hydrogens is 289 g/mol. The lowest BCUT2D eigenvalue weighted by molar-refractivity contribution is -0.119. The Bertz CT molecular complexity index is 618. The number of para-hydroxylation sites is 1. The largest absolute Gasteiger partial charge is 0.406 e. The molecule has 0 spiro atoms. The van der Waals surface area contributed by atoms with Crippen LogP contribution in [0.2, 0.25) is 0 Å². The Morgan fingerprint density at radius 3 is 2.50 bits per heavy atom. The summed E-state index contributed by atoms with van der Waals surface area (Å²) in [5.74, 6) is 0.154. The van der Waals surface area contributed by atoms with E-state index in [-0.39, 0.29) is 17.3 Å². The van der Waals surface area contributed by atoms with Gasteiger partial charge in [-0.2, -0.15) is 13.2 Å². The SMILES string of the molecule is CCN(CC(F)(F)F)c1n[nH]c(=S)n1-c1ccccc1. The van der Waals surface area contributed by atoms with E-state index < -0.39 is 12.7 Å². The van der Waals surface area contributed by atoms with Gasteiger partial charge in [0.1, 0.15) is 6.54 Å². The molecule has 1 heterocycles. The van der Waals surface area contributed by atoms with E-state index in [9.17, 15) is 13.2 Å². The van der Waals surface area contributed by atoms with Crippen LogP contribution in [0.15, 0.2) is 30.3 Å². The minimum atomic E-state index is -4.30. The van der Waals surface area contributed by atoms with Gasteiger partial charge in [-0.05, 0) is 31.3 Å². The first kappa shape index (κ1) is 14.6. The Balaban J connectivity index is 2.45. The van der Waals surface area contributed by atoms with Crippen LogP contribution in [-0.4, -0.2) is 34.0 Å². The van der Waals surface area contributed by atoms with E-state index in [1.54, 1.807) is 31.2 Å². The van der Waals surface area contributed by atoms with Crippen LogP contribution in [0, 0.1) is 4.77 Å². The number of aromatic nitrogens is 3. The lowest BCUT2D eigenvalue weighted by Gasteiger charge is -2.23. The lowest BCUT2D eigenvalue weighted by atomic mass is 10.3. The average molecular weight is 302 g/mol. The summed E-state index contributed by atoms with van der Waals surface area (Å²) in [5.41, 5.74) is 0.668. The third kappa shape index (κ3) is 3.19. The van der Waals surface area contributed by atoms with E-state index in [0.29, 0.717) is 5.69 Å². The third-order valence-corrected chi connectivity index (χ3v) is 2.98. The summed E-state index contributed by atoms with van der Waals surface area (Å²) in [6.45, 7) is 0.737. The Hall–Kier alpha value is -1.83. The van der Waals surface area contributed by atoms with Gasteiger partial charge in [-0.3, -0.25) is 4.57 Å². The fraction of sp³-hybridized carbons (Fsp3) is 0.333. The Kier molecular flexibility index (Phi) is 4.12. The van der Waals surface area contributed by atoms with Gasteiger partial charge in [-0.15, -0.1) is 5.10 Å². The summed E-state index contributed by atoms with van der Waals surface area (Å²) in [4.78, 5) is 1.12. The van der Waals surface area contributed by atoms with E-state index in [2.05, 4.69) is 10.2 Å². The number of anilines is 1. The molecule has 0 aliphatic carbocycles. The molecule has 2 rings (SSSR count). The fourth-order valence-electron chi connectivity index (χ4n) is 1.85. The maximum Gasteiger partial charge on any atom is 0.406 e. The first-order valence-electron chi connectivity index (χ1n) is 5.97. The molecule has 0 saturated carbocycles. The van der Waals surface area contributed by atoms with Gasteiger partial charge in [-0.1, -0.05) is 18.2 Å². The molecule has 0 unspecified atom stereocenters. The van der Waals surface area contributed by atoms with E-state index in [1.165, 1.54) is 4.57 Å². The number of benzene rings is 1. The van der Waals surface area contributed by atoms with Crippen molar-refractivity contribution in [1.29, 1.82) is 0 Å². The molecule has 108 valence electrons. The quantitative estimate of drug-likeness (QED) is 0.880. The van der Waals surface area contributed by atoms with Crippen LogP contribution in [0.3, 0.4) is 0 Å². The summed E-state index contributed by atoms with van der Waals surface area (Å²) in [5, 5.41) is 6.46. The predicted molar refractivity (Wildman–Crippen MR) is 72.7 cm³/mol. The van der Waals surface area contributed by atoms with Gasteiger partial charge in [0, 0.05) is 6.54 Å². The van der Waals surface area contributed by atoms with Gasteiger partial charge in [-0.25, -0.2) is 5.10 Å². The number of hydrogen-bond donors (Lipinski definition) is 1. The van der Waals surface area contributed by atoms with E-state index >= 15 is 0 Å². The van der Waals surface area contributed by atoms with E-state index in [4.69, 9.17) is 12.2 Å². The van der Waals surface area contributed by atoms with Crippen LogP contribution in [0.1, 0.15) is 6.92 Å². The van der Waals surface area contributed by atoms with E-state index in [1.807, 2.05) is 6.07 Å².